The summed E-state index contributed by atoms with van der Waals surface area (Å²) in [7, 11) is 0. The molecule has 0 spiro atoms. The number of nitrogens with one attached hydrogen (secondary N) is 1. The summed E-state index contributed by atoms with van der Waals surface area (Å²) in [6.45, 7) is 8.80. The molecule has 0 radical (unpaired) electrons. The molecule has 2 rings (SSSR count). The maximum absolute atomic E-state index is 13.1. The third-order valence-electron chi connectivity index (χ3n) is 6.68. The van der Waals surface area contributed by atoms with Gasteiger partial charge in [-0.1, -0.05) is 0 Å². The van der Waals surface area contributed by atoms with Crippen LogP contribution in [0.15, 0.2) is 0 Å². The number of carbonyl (C=O) groups excluding carboxylic acids is 4. The normalized spacial score (nSPS) is 19.8. The summed E-state index contributed by atoms with van der Waals surface area (Å²) in [5, 5.41) is 9.95. The van der Waals surface area contributed by atoms with Gasteiger partial charge in [0.15, 0.2) is 0 Å². The van der Waals surface area contributed by atoms with E-state index in [4.69, 9.17) is 10.5 Å². The molecule has 12 nitrogen and oxygen atoms in total. The van der Waals surface area contributed by atoms with Crippen LogP contribution in [0, 0.1) is 11.8 Å². The van der Waals surface area contributed by atoms with Crippen LogP contribution in [-0.2, 0) is 23.9 Å². The lowest BCUT2D eigenvalue weighted by molar-refractivity contribution is -0.155. The zero-order chi connectivity index (χ0) is 27.8. The van der Waals surface area contributed by atoms with Crippen LogP contribution in [0.2, 0.25) is 0 Å². The smallest absolute Gasteiger partial charge is 0.410 e. The van der Waals surface area contributed by atoms with Crippen LogP contribution in [0.5, 0.6) is 0 Å². The summed E-state index contributed by atoms with van der Waals surface area (Å²) >= 11 is 0. The lowest BCUT2D eigenvalue weighted by atomic mass is 9.91. The van der Waals surface area contributed by atoms with E-state index >= 15 is 0 Å². The van der Waals surface area contributed by atoms with Crippen molar-refractivity contribution in [3.05, 3.63) is 0 Å². The van der Waals surface area contributed by atoms with Crippen LogP contribution in [-0.4, -0.2) is 94.1 Å². The van der Waals surface area contributed by atoms with Crippen molar-refractivity contribution in [2.75, 3.05) is 32.7 Å². The Hall–Kier alpha value is -2.73. The molecule has 4 N–H and O–H groups in total. The van der Waals surface area contributed by atoms with Gasteiger partial charge in [0.2, 0.25) is 17.7 Å². The fourth-order valence-corrected chi connectivity index (χ4v) is 4.55. The Balaban J connectivity index is 1.87. The molecule has 2 aliphatic heterocycles. The predicted octanol–water partition coefficient (Wildman–Crippen LogP) is 1.33. The van der Waals surface area contributed by atoms with Crippen LogP contribution < -0.4 is 11.2 Å². The topological polar surface area (TPSA) is 163 Å². The minimum absolute atomic E-state index is 0.0255. The second-order valence-electron chi connectivity index (χ2n) is 10.9. The predicted molar refractivity (Wildman–Crippen MR) is 135 cm³/mol. The minimum Gasteiger partial charge on any atom is -0.480 e. The van der Waals surface area contributed by atoms with Crippen molar-refractivity contribution < 1.29 is 33.8 Å². The van der Waals surface area contributed by atoms with Crippen molar-refractivity contribution in [2.24, 2.45) is 17.6 Å². The average Bonchev–Trinajstić information content (AvgIpc) is 2.84. The lowest BCUT2D eigenvalue weighted by Gasteiger charge is -2.36. The van der Waals surface area contributed by atoms with Crippen molar-refractivity contribution in [1.29, 1.82) is 0 Å². The first kappa shape index (κ1) is 30.5. The van der Waals surface area contributed by atoms with E-state index in [-0.39, 0.29) is 31.5 Å². The van der Waals surface area contributed by atoms with Crippen LogP contribution in [0.1, 0.15) is 72.6 Å². The minimum atomic E-state index is -1.20. The van der Waals surface area contributed by atoms with Crippen LogP contribution in [0.25, 0.3) is 0 Å². The summed E-state index contributed by atoms with van der Waals surface area (Å²) < 4.78 is 5.43. The maximum atomic E-state index is 13.1. The summed E-state index contributed by atoms with van der Waals surface area (Å²) in [6, 6.07) is -1.14. The third-order valence-corrected chi connectivity index (χ3v) is 6.68. The monoisotopic (exact) mass is 525 g/mol. The number of ether oxygens (including phenoxy) is 1. The molecule has 12 heteroatoms. The fourth-order valence-electron chi connectivity index (χ4n) is 4.55. The highest BCUT2D eigenvalue weighted by molar-refractivity contribution is 5.96. The standard InChI is InChI=1S/C25H43N5O7/c1-17(23(34)35)27-30(21(32)9-12-26)22(33)19-6-5-13-29(16-19)20(31)8-7-18-10-14-28(15-11-18)24(36)37-25(2,3)4/h17-19,27H,5-16,26H2,1-4H3,(H,34,35)/t17-,19-/m1/s1. The van der Waals surface area contributed by atoms with Gasteiger partial charge in [0.05, 0.1) is 5.92 Å². The number of aliphatic carboxylic acids is 1. The number of amides is 4. The summed E-state index contributed by atoms with van der Waals surface area (Å²) in [5.41, 5.74) is 7.40. The van der Waals surface area contributed by atoms with Gasteiger partial charge in [0, 0.05) is 45.6 Å². The first-order valence-corrected chi connectivity index (χ1v) is 13.1. The van der Waals surface area contributed by atoms with Crippen molar-refractivity contribution in [3.63, 3.8) is 0 Å². The van der Waals surface area contributed by atoms with E-state index in [2.05, 4.69) is 5.43 Å². The molecule has 210 valence electrons. The first-order valence-electron chi connectivity index (χ1n) is 13.1. The van der Waals surface area contributed by atoms with Crippen LogP contribution in [0.3, 0.4) is 0 Å². The average molecular weight is 526 g/mol. The quantitative estimate of drug-likeness (QED) is 0.377. The van der Waals surface area contributed by atoms with Gasteiger partial charge in [0.1, 0.15) is 11.6 Å². The van der Waals surface area contributed by atoms with E-state index in [1.807, 2.05) is 20.8 Å². The molecule has 4 amide bonds. The maximum Gasteiger partial charge on any atom is 0.410 e. The molecular weight excluding hydrogens is 482 g/mol. The molecule has 0 saturated carbocycles. The van der Waals surface area contributed by atoms with Crippen molar-refractivity contribution in [3.8, 4) is 0 Å². The Morgan fingerprint density at radius 3 is 2.27 bits per heavy atom. The Bertz CT molecular complexity index is 836. The number of rotatable bonds is 9. The van der Waals surface area contributed by atoms with Crippen molar-refractivity contribution in [1.82, 2.24) is 20.2 Å². The summed E-state index contributed by atoms with van der Waals surface area (Å²) in [5.74, 6) is -2.66. The number of carboxylic acids is 1. The molecule has 0 aliphatic carbocycles. The number of hydrogen-bond acceptors (Lipinski definition) is 8. The molecule has 37 heavy (non-hydrogen) atoms. The van der Waals surface area contributed by atoms with Gasteiger partial charge in [-0.3, -0.25) is 19.2 Å². The number of imide groups is 1. The summed E-state index contributed by atoms with van der Waals surface area (Å²) in [6.07, 6.45) is 3.37. The Labute approximate surface area is 218 Å². The zero-order valence-electron chi connectivity index (χ0n) is 22.5. The van der Waals surface area contributed by atoms with E-state index in [9.17, 15) is 29.1 Å². The molecule has 0 bridgehead atoms. The van der Waals surface area contributed by atoms with E-state index in [0.29, 0.717) is 51.2 Å². The number of hydrogen-bond donors (Lipinski definition) is 3. The first-order chi connectivity index (χ1) is 17.3. The Morgan fingerprint density at radius 2 is 1.70 bits per heavy atom. The highest BCUT2D eigenvalue weighted by atomic mass is 16.6. The van der Waals surface area contributed by atoms with E-state index in [1.54, 1.807) is 9.80 Å². The van der Waals surface area contributed by atoms with E-state index in [0.717, 1.165) is 17.9 Å². The van der Waals surface area contributed by atoms with Gasteiger partial charge >= 0.3 is 12.1 Å². The van der Waals surface area contributed by atoms with Crippen molar-refractivity contribution >= 4 is 29.8 Å². The van der Waals surface area contributed by atoms with Gasteiger partial charge in [0.25, 0.3) is 0 Å². The fraction of sp³-hybridized carbons (Fsp3) is 0.800. The number of nitrogens with zero attached hydrogens (tertiary/aromatic N) is 3. The lowest BCUT2D eigenvalue weighted by Crippen LogP contribution is -2.57. The van der Waals surface area contributed by atoms with Gasteiger partial charge in [-0.05, 0) is 65.7 Å². The summed E-state index contributed by atoms with van der Waals surface area (Å²) in [4.78, 5) is 65.4. The number of nitrogens with two attached hydrogens (primary N) is 1. The SMILES string of the molecule is C[C@@H](NN(C(=O)CCN)C(=O)[C@@H]1CCCN(C(=O)CCC2CCN(C(=O)OC(C)(C)C)CC2)C1)C(=O)O. The van der Waals surface area contributed by atoms with Crippen LogP contribution >= 0.6 is 0 Å². The number of carboxylic acid groups (broad SMARTS) is 1. The van der Waals surface area contributed by atoms with E-state index < -0.39 is 35.3 Å². The molecule has 0 aromatic rings. The van der Waals surface area contributed by atoms with E-state index in [1.165, 1.54) is 6.92 Å². The van der Waals surface area contributed by atoms with Gasteiger partial charge in [-0.2, -0.15) is 0 Å². The molecule has 2 atom stereocenters. The molecule has 0 aromatic carbocycles. The molecule has 0 aromatic heterocycles. The highest BCUT2D eigenvalue weighted by Crippen LogP contribution is 2.25. The molecule has 2 fully saturated rings. The Morgan fingerprint density at radius 1 is 1.05 bits per heavy atom. The van der Waals surface area contributed by atoms with Gasteiger partial charge in [-0.25, -0.2) is 15.2 Å². The van der Waals surface area contributed by atoms with Gasteiger partial charge < -0.3 is 25.4 Å². The largest absolute Gasteiger partial charge is 0.480 e. The number of likely N-dealkylation sites (tertiary alicyclic amines) is 2. The number of piperidine rings is 2. The molecule has 2 heterocycles. The third kappa shape index (κ3) is 9.58. The zero-order valence-corrected chi connectivity index (χ0v) is 22.5. The number of hydrazine groups is 1. The van der Waals surface area contributed by atoms with Crippen LogP contribution in [0.4, 0.5) is 4.79 Å². The second-order valence-corrected chi connectivity index (χ2v) is 10.9. The number of carbonyl (C=O) groups is 5. The Kier molecular flexibility index (Phi) is 11.3. The highest BCUT2D eigenvalue weighted by Gasteiger charge is 2.35. The molecule has 2 saturated heterocycles. The second kappa shape index (κ2) is 13.7. The molecule has 0 unspecified atom stereocenters. The molecule has 2 aliphatic rings. The molecular formula is C25H43N5O7. The van der Waals surface area contributed by atoms with Gasteiger partial charge in [-0.15, -0.1) is 0 Å². The van der Waals surface area contributed by atoms with Crippen molar-refractivity contribution in [2.45, 2.75) is 84.3 Å².